The van der Waals surface area contributed by atoms with Gasteiger partial charge < -0.3 is 24.1 Å². The van der Waals surface area contributed by atoms with Gasteiger partial charge in [-0.2, -0.15) is 0 Å². The van der Waals surface area contributed by atoms with Crippen LogP contribution in [0.25, 0.3) is 6.08 Å². The fourth-order valence-corrected chi connectivity index (χ4v) is 2.15. The van der Waals surface area contributed by atoms with Crippen LogP contribution in [0.5, 0.6) is 0 Å². The zero-order valence-electron chi connectivity index (χ0n) is 14.5. The van der Waals surface area contributed by atoms with Gasteiger partial charge in [0.15, 0.2) is 0 Å². The molecule has 0 aromatic carbocycles. The van der Waals surface area contributed by atoms with Gasteiger partial charge >= 0.3 is 13.1 Å². The molecule has 1 saturated heterocycles. The van der Waals surface area contributed by atoms with E-state index in [-0.39, 0.29) is 18.2 Å². The number of amides is 1. The lowest BCUT2D eigenvalue weighted by Crippen LogP contribution is -2.41. The first-order chi connectivity index (χ1) is 11.0. The van der Waals surface area contributed by atoms with Gasteiger partial charge in [0.25, 0.3) is 0 Å². The number of carboxylic acid groups (broad SMARTS) is 1. The molecule has 0 unspecified atom stereocenters. The maximum Gasteiger partial charge on any atom is 0.492 e. The van der Waals surface area contributed by atoms with Crippen molar-refractivity contribution in [2.45, 2.75) is 45.8 Å². The van der Waals surface area contributed by atoms with Crippen LogP contribution in [0.15, 0.2) is 22.0 Å². The second kappa shape index (κ2) is 6.45. The predicted octanol–water partition coefficient (Wildman–Crippen LogP) is 2.13. The molecule has 8 heteroatoms. The van der Waals surface area contributed by atoms with Gasteiger partial charge in [-0.15, -0.1) is 0 Å². The molecule has 1 amide bonds. The molecule has 2 N–H and O–H groups in total. The molecule has 2 rings (SSSR count). The minimum atomic E-state index is -1.14. The Hall–Kier alpha value is -2.06. The van der Waals surface area contributed by atoms with E-state index in [2.05, 4.69) is 5.32 Å². The highest BCUT2D eigenvalue weighted by atomic mass is 16.7. The number of furan rings is 1. The molecule has 24 heavy (non-hydrogen) atoms. The van der Waals surface area contributed by atoms with E-state index >= 15 is 0 Å². The van der Waals surface area contributed by atoms with Crippen molar-refractivity contribution in [3.05, 3.63) is 29.1 Å². The van der Waals surface area contributed by atoms with Crippen molar-refractivity contribution in [1.82, 2.24) is 5.32 Å². The Morgan fingerprint density at radius 2 is 1.79 bits per heavy atom. The summed E-state index contributed by atoms with van der Waals surface area (Å²) in [6.45, 7) is 9.33. The third kappa shape index (κ3) is 3.88. The maximum atomic E-state index is 11.2. The average molecular weight is 335 g/mol. The molecule has 1 aliphatic rings. The number of carbonyl (C=O) groups is 2. The highest BCUT2D eigenvalue weighted by molar-refractivity contribution is 6.56. The first-order valence-corrected chi connectivity index (χ1v) is 7.65. The van der Waals surface area contributed by atoms with Crippen LogP contribution in [0, 0.1) is 0 Å². The number of carbonyl (C=O) groups excluding carboxylic acids is 1. The van der Waals surface area contributed by atoms with Crippen LogP contribution in [0.3, 0.4) is 0 Å². The second-order valence-corrected chi connectivity index (χ2v) is 6.72. The standard InChI is InChI=1S/C16H22BNO6/c1-10(19)18-9-11(8-12-6-7-13(22-12)14(20)21)17-23-15(2,3)16(4,5)24-17/h6-8H,9H2,1-5H3,(H,18,19)(H,20,21). The molecule has 0 aliphatic carbocycles. The Kier molecular flexibility index (Phi) is 4.91. The summed E-state index contributed by atoms with van der Waals surface area (Å²) in [6, 6.07) is 2.91. The molecule has 0 atom stereocenters. The minimum absolute atomic E-state index is 0.158. The number of hydrogen-bond donors (Lipinski definition) is 2. The molecule has 0 bridgehead atoms. The van der Waals surface area contributed by atoms with E-state index in [1.807, 2.05) is 27.7 Å². The summed E-state index contributed by atoms with van der Waals surface area (Å²) in [6.07, 6.45) is 1.63. The van der Waals surface area contributed by atoms with Crippen LogP contribution in [-0.4, -0.2) is 41.8 Å². The molecular weight excluding hydrogens is 313 g/mol. The number of rotatable bonds is 5. The van der Waals surface area contributed by atoms with Crippen molar-refractivity contribution in [1.29, 1.82) is 0 Å². The van der Waals surface area contributed by atoms with Crippen LogP contribution in [0.2, 0.25) is 0 Å². The normalized spacial score (nSPS) is 19.4. The fraction of sp³-hybridized carbons (Fsp3) is 0.500. The number of aromatic carboxylic acids is 1. The Bertz CT molecular complexity index is 660. The minimum Gasteiger partial charge on any atom is -0.475 e. The van der Waals surface area contributed by atoms with Gasteiger partial charge in [-0.25, -0.2) is 4.79 Å². The van der Waals surface area contributed by atoms with Crippen molar-refractivity contribution < 1.29 is 28.4 Å². The van der Waals surface area contributed by atoms with Gasteiger partial charge in [-0.05, 0) is 51.4 Å². The Balaban J connectivity index is 2.29. The molecule has 0 spiro atoms. The van der Waals surface area contributed by atoms with Gasteiger partial charge in [0.2, 0.25) is 11.7 Å². The molecule has 0 saturated carbocycles. The molecule has 2 heterocycles. The van der Waals surface area contributed by atoms with E-state index < -0.39 is 24.3 Å². The summed E-state index contributed by atoms with van der Waals surface area (Å²) in [7, 11) is -0.666. The second-order valence-electron chi connectivity index (χ2n) is 6.72. The SMILES string of the molecule is CC(=O)NCC(=Cc1ccc(C(=O)O)o1)B1OC(C)(C)C(C)(C)O1. The third-order valence-electron chi connectivity index (χ3n) is 4.26. The van der Waals surface area contributed by atoms with Crippen molar-refractivity contribution in [2.24, 2.45) is 0 Å². The summed E-state index contributed by atoms with van der Waals surface area (Å²) in [5.74, 6) is -1.15. The summed E-state index contributed by atoms with van der Waals surface area (Å²) >= 11 is 0. The van der Waals surface area contributed by atoms with E-state index in [0.717, 1.165) is 0 Å². The zero-order chi connectivity index (χ0) is 18.1. The van der Waals surface area contributed by atoms with Crippen LogP contribution in [0.4, 0.5) is 0 Å². The average Bonchev–Trinajstić information content (AvgIpc) is 2.97. The van der Waals surface area contributed by atoms with Gasteiger partial charge in [0.1, 0.15) is 5.76 Å². The van der Waals surface area contributed by atoms with E-state index in [9.17, 15) is 9.59 Å². The highest BCUT2D eigenvalue weighted by Crippen LogP contribution is 2.38. The molecule has 0 radical (unpaired) electrons. The molecule has 1 fully saturated rings. The smallest absolute Gasteiger partial charge is 0.475 e. The van der Waals surface area contributed by atoms with Crippen molar-refractivity contribution >= 4 is 25.1 Å². The van der Waals surface area contributed by atoms with Gasteiger partial charge in [0.05, 0.1) is 11.2 Å². The van der Waals surface area contributed by atoms with Crippen molar-refractivity contribution in [3.63, 3.8) is 0 Å². The van der Waals surface area contributed by atoms with Crippen LogP contribution in [-0.2, 0) is 14.1 Å². The lowest BCUT2D eigenvalue weighted by atomic mass is 9.77. The van der Waals surface area contributed by atoms with E-state index in [4.69, 9.17) is 18.8 Å². The first kappa shape index (κ1) is 18.3. The van der Waals surface area contributed by atoms with E-state index in [1.54, 1.807) is 12.1 Å². The largest absolute Gasteiger partial charge is 0.492 e. The molecule has 130 valence electrons. The van der Waals surface area contributed by atoms with Gasteiger partial charge in [-0.1, -0.05) is 0 Å². The molecular formula is C16H22BNO6. The summed E-state index contributed by atoms with van der Waals surface area (Å²) in [5, 5.41) is 11.6. The number of carboxylic acids is 1. The monoisotopic (exact) mass is 335 g/mol. The van der Waals surface area contributed by atoms with Crippen LogP contribution >= 0.6 is 0 Å². The zero-order valence-corrected chi connectivity index (χ0v) is 14.5. The summed E-state index contributed by atoms with van der Waals surface area (Å²) < 4.78 is 17.2. The third-order valence-corrected chi connectivity index (χ3v) is 4.26. The maximum absolute atomic E-state index is 11.2. The summed E-state index contributed by atoms with van der Waals surface area (Å²) in [5.41, 5.74) is -0.416. The number of nitrogens with one attached hydrogen (secondary N) is 1. The van der Waals surface area contributed by atoms with Crippen LogP contribution in [0.1, 0.15) is 50.9 Å². The van der Waals surface area contributed by atoms with Crippen molar-refractivity contribution in [3.8, 4) is 0 Å². The highest BCUT2D eigenvalue weighted by Gasteiger charge is 2.52. The predicted molar refractivity (Wildman–Crippen MR) is 88.4 cm³/mol. The lowest BCUT2D eigenvalue weighted by molar-refractivity contribution is -0.118. The molecule has 1 aromatic heterocycles. The van der Waals surface area contributed by atoms with E-state index in [1.165, 1.54) is 13.0 Å². The first-order valence-electron chi connectivity index (χ1n) is 7.65. The van der Waals surface area contributed by atoms with E-state index in [0.29, 0.717) is 11.2 Å². The van der Waals surface area contributed by atoms with Crippen molar-refractivity contribution in [2.75, 3.05) is 6.54 Å². The quantitative estimate of drug-likeness (QED) is 0.800. The molecule has 7 nitrogen and oxygen atoms in total. The lowest BCUT2D eigenvalue weighted by Gasteiger charge is -2.32. The number of hydrogen-bond acceptors (Lipinski definition) is 5. The Morgan fingerprint density at radius 3 is 2.25 bits per heavy atom. The Morgan fingerprint density at radius 1 is 1.21 bits per heavy atom. The molecule has 1 aromatic rings. The van der Waals surface area contributed by atoms with Gasteiger partial charge in [-0.3, -0.25) is 4.79 Å². The Labute approximate surface area is 141 Å². The molecule has 1 aliphatic heterocycles. The fourth-order valence-electron chi connectivity index (χ4n) is 2.15. The van der Waals surface area contributed by atoms with Crippen LogP contribution < -0.4 is 5.32 Å². The topological polar surface area (TPSA) is 98.0 Å². The summed E-state index contributed by atoms with van der Waals surface area (Å²) in [4.78, 5) is 22.2. The van der Waals surface area contributed by atoms with Gasteiger partial charge in [0, 0.05) is 13.5 Å².